The van der Waals surface area contributed by atoms with Gasteiger partial charge in [0.2, 0.25) is 5.91 Å². The van der Waals surface area contributed by atoms with Crippen LogP contribution in [0.25, 0.3) is 0 Å². The molecule has 6 nitrogen and oxygen atoms in total. The van der Waals surface area contributed by atoms with Gasteiger partial charge in [0, 0.05) is 31.1 Å². The molecule has 0 bridgehead atoms. The number of nitrogens with zero attached hydrogens (tertiary/aromatic N) is 1. The molecule has 0 saturated carbocycles. The van der Waals surface area contributed by atoms with Crippen molar-refractivity contribution in [2.45, 2.75) is 32.3 Å². The zero-order valence-corrected chi connectivity index (χ0v) is 17.5. The number of amides is 1. The minimum Gasteiger partial charge on any atom is -0.487 e. The summed E-state index contributed by atoms with van der Waals surface area (Å²) in [4.78, 5) is 16.6. The maximum atomic E-state index is 12.0. The first-order valence-corrected chi connectivity index (χ1v) is 10.3. The van der Waals surface area contributed by atoms with Gasteiger partial charge >= 0.3 is 0 Å². The van der Waals surface area contributed by atoms with E-state index in [1.165, 1.54) is 0 Å². The number of para-hydroxylation sites is 2. The van der Waals surface area contributed by atoms with Crippen molar-refractivity contribution in [2.75, 3.05) is 25.0 Å². The van der Waals surface area contributed by atoms with Gasteiger partial charge in [0.15, 0.2) is 5.96 Å². The fraction of sp³-hybridized carbons (Fsp3) is 0.364. The van der Waals surface area contributed by atoms with E-state index in [9.17, 15) is 4.79 Å². The molecule has 0 aromatic heterocycles. The van der Waals surface area contributed by atoms with Crippen LogP contribution in [0.15, 0.2) is 53.5 Å². The van der Waals surface area contributed by atoms with Crippen LogP contribution in [0.3, 0.4) is 0 Å². The third kappa shape index (κ3) is 5.87. The highest BCUT2D eigenvalue weighted by Gasteiger charge is 2.24. The van der Waals surface area contributed by atoms with Crippen LogP contribution in [0, 0.1) is 0 Å². The molecule has 1 amide bonds. The maximum Gasteiger partial charge on any atom is 0.225 e. The van der Waals surface area contributed by atoms with Crippen LogP contribution in [-0.4, -0.2) is 37.6 Å². The highest BCUT2D eigenvalue weighted by atomic mass is 35.5. The van der Waals surface area contributed by atoms with E-state index < -0.39 is 0 Å². The average Bonchev–Trinajstić information content (AvgIpc) is 2.71. The fourth-order valence-electron chi connectivity index (χ4n) is 3.26. The molecule has 1 heterocycles. The number of hydrogen-bond donors (Lipinski definition) is 3. The second-order valence-corrected chi connectivity index (χ2v) is 7.40. The molecule has 0 aliphatic carbocycles. The second kappa shape index (κ2) is 10.2. The summed E-state index contributed by atoms with van der Waals surface area (Å²) in [5.41, 5.74) is 2.03. The SMILES string of the molecule is CCNC(=NCC(C)Oc1ccccc1Cl)NCC1CC(=O)Nc2ccccc21. The first kappa shape index (κ1) is 21.0. The van der Waals surface area contributed by atoms with Gasteiger partial charge < -0.3 is 20.7 Å². The molecule has 2 atom stereocenters. The van der Waals surface area contributed by atoms with Gasteiger partial charge in [0.05, 0.1) is 11.6 Å². The Morgan fingerprint density at radius 2 is 2.00 bits per heavy atom. The third-order valence-electron chi connectivity index (χ3n) is 4.64. The Hall–Kier alpha value is -2.73. The average molecular weight is 415 g/mol. The molecule has 0 fully saturated rings. The summed E-state index contributed by atoms with van der Waals surface area (Å²) < 4.78 is 5.88. The molecule has 3 N–H and O–H groups in total. The van der Waals surface area contributed by atoms with Crippen molar-refractivity contribution < 1.29 is 9.53 Å². The van der Waals surface area contributed by atoms with Crippen molar-refractivity contribution in [3.63, 3.8) is 0 Å². The zero-order valence-electron chi connectivity index (χ0n) is 16.7. The molecule has 1 aliphatic heterocycles. The van der Waals surface area contributed by atoms with Crippen molar-refractivity contribution in [2.24, 2.45) is 4.99 Å². The number of carbonyl (C=O) groups is 1. The van der Waals surface area contributed by atoms with E-state index in [1.807, 2.05) is 50.2 Å². The predicted octanol–water partition coefficient (Wildman–Crippen LogP) is 3.79. The standard InChI is InChI=1S/C22H27ClN4O2/c1-3-24-22(25-13-15(2)29-20-11-7-5-9-18(20)23)26-14-16-12-21(28)27-19-10-6-4-8-17(16)19/h4-11,15-16H,3,12-14H2,1-2H3,(H,27,28)(H2,24,25,26). The number of halogens is 1. The van der Waals surface area contributed by atoms with Gasteiger partial charge in [-0.15, -0.1) is 0 Å². The minimum absolute atomic E-state index is 0.0409. The van der Waals surface area contributed by atoms with Crippen molar-refractivity contribution >= 4 is 29.2 Å². The van der Waals surface area contributed by atoms with Crippen LogP contribution >= 0.6 is 11.6 Å². The molecule has 1 aliphatic rings. The number of nitrogens with one attached hydrogen (secondary N) is 3. The van der Waals surface area contributed by atoms with Crippen molar-refractivity contribution in [1.82, 2.24) is 10.6 Å². The van der Waals surface area contributed by atoms with Crippen LogP contribution in [0.2, 0.25) is 5.02 Å². The van der Waals surface area contributed by atoms with Crippen molar-refractivity contribution in [1.29, 1.82) is 0 Å². The number of hydrogen-bond acceptors (Lipinski definition) is 3. The molecule has 7 heteroatoms. The smallest absolute Gasteiger partial charge is 0.225 e. The van der Waals surface area contributed by atoms with Gasteiger partial charge in [-0.05, 0) is 37.6 Å². The zero-order chi connectivity index (χ0) is 20.6. The van der Waals surface area contributed by atoms with E-state index in [1.54, 1.807) is 6.07 Å². The van der Waals surface area contributed by atoms with Crippen LogP contribution in [0.5, 0.6) is 5.75 Å². The summed E-state index contributed by atoms with van der Waals surface area (Å²) in [6.45, 7) is 5.81. The van der Waals surface area contributed by atoms with Crippen LogP contribution < -0.4 is 20.7 Å². The Morgan fingerprint density at radius 1 is 1.24 bits per heavy atom. The van der Waals surface area contributed by atoms with Crippen LogP contribution in [-0.2, 0) is 4.79 Å². The maximum absolute atomic E-state index is 12.0. The largest absolute Gasteiger partial charge is 0.487 e. The monoisotopic (exact) mass is 414 g/mol. The predicted molar refractivity (Wildman–Crippen MR) is 118 cm³/mol. The first-order valence-electron chi connectivity index (χ1n) is 9.89. The van der Waals surface area contributed by atoms with Gasteiger partial charge in [-0.25, -0.2) is 4.99 Å². The number of ether oxygens (including phenoxy) is 1. The quantitative estimate of drug-likeness (QED) is 0.476. The van der Waals surface area contributed by atoms with Gasteiger partial charge in [0.1, 0.15) is 11.9 Å². The fourth-order valence-corrected chi connectivity index (χ4v) is 3.44. The lowest BCUT2D eigenvalue weighted by Crippen LogP contribution is -2.41. The Bertz CT molecular complexity index is 871. The molecular weight excluding hydrogens is 388 g/mol. The van der Waals surface area contributed by atoms with Crippen LogP contribution in [0.1, 0.15) is 31.7 Å². The second-order valence-electron chi connectivity index (χ2n) is 7.00. The summed E-state index contributed by atoms with van der Waals surface area (Å²) in [5, 5.41) is 10.1. The molecule has 2 aromatic carbocycles. The highest BCUT2D eigenvalue weighted by molar-refractivity contribution is 6.32. The number of fused-ring (bicyclic) bond motifs is 1. The number of guanidine groups is 1. The lowest BCUT2D eigenvalue weighted by atomic mass is 9.90. The topological polar surface area (TPSA) is 74.8 Å². The van der Waals surface area contributed by atoms with E-state index >= 15 is 0 Å². The Kier molecular flexibility index (Phi) is 7.36. The molecule has 0 spiro atoms. The van der Waals surface area contributed by atoms with Gasteiger partial charge in [0.25, 0.3) is 0 Å². The summed E-state index contributed by atoms with van der Waals surface area (Å²) in [6, 6.07) is 15.3. The molecule has 154 valence electrons. The number of rotatable bonds is 7. The van der Waals surface area contributed by atoms with Crippen LogP contribution in [0.4, 0.5) is 5.69 Å². The van der Waals surface area contributed by atoms with E-state index in [2.05, 4.69) is 27.0 Å². The molecule has 2 aromatic rings. The van der Waals surface area contributed by atoms with Crippen molar-refractivity contribution in [3.8, 4) is 5.75 Å². The van der Waals surface area contributed by atoms with Crippen molar-refractivity contribution in [3.05, 3.63) is 59.1 Å². The van der Waals surface area contributed by atoms with E-state index in [4.69, 9.17) is 16.3 Å². The highest BCUT2D eigenvalue weighted by Crippen LogP contribution is 2.31. The summed E-state index contributed by atoms with van der Waals surface area (Å²) in [5.74, 6) is 1.49. The number of benzene rings is 2. The summed E-state index contributed by atoms with van der Waals surface area (Å²) in [7, 11) is 0. The first-order chi connectivity index (χ1) is 14.1. The third-order valence-corrected chi connectivity index (χ3v) is 4.95. The Labute approximate surface area is 176 Å². The number of carbonyl (C=O) groups excluding carboxylic acids is 1. The number of anilines is 1. The molecule has 2 unspecified atom stereocenters. The molecule has 29 heavy (non-hydrogen) atoms. The van der Waals surface area contributed by atoms with E-state index in [0.717, 1.165) is 17.8 Å². The van der Waals surface area contributed by atoms with E-state index in [-0.39, 0.29) is 17.9 Å². The minimum atomic E-state index is -0.133. The summed E-state index contributed by atoms with van der Waals surface area (Å²) in [6.07, 6.45) is 0.321. The molecule has 3 rings (SSSR count). The molecule has 0 radical (unpaired) electrons. The lowest BCUT2D eigenvalue weighted by Gasteiger charge is -2.26. The number of aliphatic imine (C=N–C) groups is 1. The Balaban J connectivity index is 1.60. The lowest BCUT2D eigenvalue weighted by molar-refractivity contribution is -0.116. The van der Waals surface area contributed by atoms with Gasteiger partial charge in [-0.3, -0.25) is 4.79 Å². The van der Waals surface area contributed by atoms with Gasteiger partial charge in [-0.1, -0.05) is 41.9 Å². The molecule has 0 saturated heterocycles. The normalized spacial score (nSPS) is 17.1. The Morgan fingerprint density at radius 3 is 2.79 bits per heavy atom. The summed E-state index contributed by atoms with van der Waals surface area (Å²) >= 11 is 6.15. The van der Waals surface area contributed by atoms with E-state index in [0.29, 0.717) is 36.2 Å². The van der Waals surface area contributed by atoms with Gasteiger partial charge in [-0.2, -0.15) is 0 Å². The molecular formula is C22H27ClN4O2.